The summed E-state index contributed by atoms with van der Waals surface area (Å²) in [6.45, 7) is 32.8. The van der Waals surface area contributed by atoms with Crippen LogP contribution in [0.4, 0.5) is 17.1 Å². The molecule has 10 rings (SSSR count). The summed E-state index contributed by atoms with van der Waals surface area (Å²) in [6, 6.07) is 47.3. The molecule has 0 saturated heterocycles. The largest absolute Gasteiger partial charge is 0.371 e. The van der Waals surface area contributed by atoms with Gasteiger partial charge in [-0.05, 0) is 151 Å². The van der Waals surface area contributed by atoms with E-state index in [9.17, 15) is 0 Å². The third-order valence-electron chi connectivity index (χ3n) is 12.5. The predicted molar refractivity (Wildman–Crippen MR) is 288 cm³/mol. The minimum atomic E-state index is 0.540. The van der Waals surface area contributed by atoms with Gasteiger partial charge in [0.1, 0.15) is 0 Å². The number of benzene rings is 5. The van der Waals surface area contributed by atoms with E-state index in [1.54, 1.807) is 5.56 Å². The Morgan fingerprint density at radius 1 is 0.477 bits per heavy atom. The van der Waals surface area contributed by atoms with Crippen molar-refractivity contribution in [2.75, 3.05) is 40.9 Å². The van der Waals surface area contributed by atoms with Gasteiger partial charge in [0.25, 0.3) is 0 Å². The lowest BCUT2D eigenvalue weighted by Gasteiger charge is -2.34. The van der Waals surface area contributed by atoms with Gasteiger partial charge in [-0.3, -0.25) is 4.90 Å². The second-order valence-corrected chi connectivity index (χ2v) is 17.4. The summed E-state index contributed by atoms with van der Waals surface area (Å²) in [5, 5.41) is 1.33. The van der Waals surface area contributed by atoms with Crippen LogP contribution in [0, 0.1) is 0 Å². The quantitative estimate of drug-likeness (QED) is 0.172. The maximum Gasteiger partial charge on any atom is 0.0480 e. The molecule has 350 valence electrons. The highest BCUT2D eigenvalue weighted by molar-refractivity contribution is 5.79. The SMILES string of the molecule is CC.CC.CC(C)N1C=CCc2ccccc21.CC(C)N1CCCc2ccccc21.CC(C)N1CCc2ccccc2C1.CCN1CCc2ccccc21.CCn1ccc2ccccc21. The average molecular weight is 876 g/mol. The molecule has 5 aromatic carbocycles. The first-order valence-corrected chi connectivity index (χ1v) is 25.2. The Morgan fingerprint density at radius 3 is 1.66 bits per heavy atom. The Balaban J connectivity index is 0.000000175. The van der Waals surface area contributed by atoms with Gasteiger partial charge in [-0.25, -0.2) is 0 Å². The van der Waals surface area contributed by atoms with Crippen LogP contribution in [0.25, 0.3) is 10.9 Å². The molecule has 4 aliphatic rings. The van der Waals surface area contributed by atoms with Crippen LogP contribution in [0.1, 0.15) is 117 Å². The first-order valence-electron chi connectivity index (χ1n) is 25.2. The topological polar surface area (TPSA) is 17.9 Å². The number of nitrogens with zero attached hydrogens (tertiary/aromatic N) is 5. The Labute approximate surface area is 396 Å². The van der Waals surface area contributed by atoms with Crippen molar-refractivity contribution in [2.24, 2.45) is 0 Å². The van der Waals surface area contributed by atoms with Crippen molar-refractivity contribution in [3.8, 4) is 0 Å². The summed E-state index contributed by atoms with van der Waals surface area (Å²) in [4.78, 5) is 9.77. The first-order chi connectivity index (χ1) is 31.7. The Kier molecular flexibility index (Phi) is 22.5. The van der Waals surface area contributed by atoms with E-state index in [0.29, 0.717) is 18.1 Å². The molecule has 6 aromatic rings. The standard InChI is InChI=1S/C12H17N.C12H15N.C12H17N.C10H13N.C10H11N.2C2H6/c2*1-10(2)13-9-5-7-11-6-3-4-8-12(11)13;1-10(2)13-8-7-11-5-3-4-6-12(11)9-13;2*1-2-11-8-7-9-5-3-4-6-10(9)11;2*1-2/h3-4,6,8,10H,5,7,9H2,1-2H3;3-6,8-10H,7H2,1-2H3;3-6,10H,7-9H2,1-2H3;3-6H,2,7-8H2,1H3;3-8H,2H2,1H3;2*1-2H3. The molecule has 5 nitrogen and oxygen atoms in total. The normalized spacial score (nSPS) is 14.2. The molecule has 65 heavy (non-hydrogen) atoms. The predicted octanol–water partition coefficient (Wildman–Crippen LogP) is 15.1. The molecule has 4 aliphatic heterocycles. The summed E-state index contributed by atoms with van der Waals surface area (Å²) in [5.41, 5.74) is 13.1. The summed E-state index contributed by atoms with van der Waals surface area (Å²) < 4.78 is 2.25. The Hall–Kier alpha value is -5.26. The fourth-order valence-electron chi connectivity index (χ4n) is 8.97. The number of fused-ring (bicyclic) bond motifs is 5. The number of hydrogen-bond acceptors (Lipinski definition) is 4. The van der Waals surface area contributed by atoms with E-state index in [1.807, 2.05) is 27.7 Å². The van der Waals surface area contributed by atoms with Gasteiger partial charge in [0.05, 0.1) is 0 Å². The van der Waals surface area contributed by atoms with Crippen molar-refractivity contribution in [3.63, 3.8) is 0 Å². The van der Waals surface area contributed by atoms with Gasteiger partial charge in [0, 0.05) is 92.4 Å². The maximum absolute atomic E-state index is 2.53. The average Bonchev–Trinajstić information content (AvgIpc) is 4.00. The van der Waals surface area contributed by atoms with Crippen molar-refractivity contribution >= 4 is 28.0 Å². The number of likely N-dealkylation sites (N-methyl/N-ethyl adjacent to an activating group) is 1. The molecule has 5 heterocycles. The third kappa shape index (κ3) is 14.9. The van der Waals surface area contributed by atoms with Crippen LogP contribution >= 0.6 is 0 Å². The van der Waals surface area contributed by atoms with Crippen LogP contribution in [-0.2, 0) is 38.8 Å². The summed E-state index contributed by atoms with van der Waals surface area (Å²) in [5.74, 6) is 0. The van der Waals surface area contributed by atoms with E-state index in [1.165, 1.54) is 95.5 Å². The van der Waals surface area contributed by atoms with Crippen LogP contribution in [0.2, 0.25) is 0 Å². The molecule has 0 radical (unpaired) electrons. The second-order valence-electron chi connectivity index (χ2n) is 17.4. The number of rotatable bonds is 5. The maximum atomic E-state index is 2.53. The molecule has 0 N–H and O–H groups in total. The summed E-state index contributed by atoms with van der Waals surface area (Å²) in [7, 11) is 0. The van der Waals surface area contributed by atoms with E-state index >= 15 is 0 Å². The zero-order chi connectivity index (χ0) is 47.1. The zero-order valence-electron chi connectivity index (χ0n) is 42.6. The molecule has 0 fully saturated rings. The zero-order valence-corrected chi connectivity index (χ0v) is 42.6. The minimum absolute atomic E-state index is 0.540. The molecule has 0 unspecified atom stereocenters. The van der Waals surface area contributed by atoms with Gasteiger partial charge >= 0.3 is 0 Å². The molecule has 1 aromatic heterocycles. The molecule has 0 atom stereocenters. The Bertz CT molecular complexity index is 2260. The van der Waals surface area contributed by atoms with Crippen molar-refractivity contribution < 1.29 is 0 Å². The van der Waals surface area contributed by atoms with Crippen molar-refractivity contribution in [1.29, 1.82) is 0 Å². The summed E-state index contributed by atoms with van der Waals surface area (Å²) >= 11 is 0. The van der Waals surface area contributed by atoms with E-state index < -0.39 is 0 Å². The fraction of sp³-hybridized carbons (Fsp3) is 0.433. The van der Waals surface area contributed by atoms with Gasteiger partial charge in [-0.1, -0.05) is 131 Å². The highest BCUT2D eigenvalue weighted by atomic mass is 15.2. The van der Waals surface area contributed by atoms with Crippen LogP contribution in [0.3, 0.4) is 0 Å². The highest BCUT2D eigenvalue weighted by Crippen LogP contribution is 2.29. The van der Waals surface area contributed by atoms with Crippen molar-refractivity contribution in [3.05, 3.63) is 174 Å². The van der Waals surface area contributed by atoms with Gasteiger partial charge in [0.2, 0.25) is 0 Å². The molecule has 0 saturated carbocycles. The third-order valence-corrected chi connectivity index (χ3v) is 12.5. The molecular formula is C60H85N5. The van der Waals surface area contributed by atoms with Crippen LogP contribution in [0.15, 0.2) is 146 Å². The van der Waals surface area contributed by atoms with Crippen molar-refractivity contribution in [2.45, 2.75) is 146 Å². The molecule has 5 heteroatoms. The van der Waals surface area contributed by atoms with Crippen molar-refractivity contribution in [1.82, 2.24) is 9.47 Å². The van der Waals surface area contributed by atoms with E-state index in [-0.39, 0.29) is 0 Å². The van der Waals surface area contributed by atoms with E-state index in [2.05, 4.69) is 225 Å². The summed E-state index contributed by atoms with van der Waals surface area (Å²) in [6.07, 6.45) is 12.6. The monoisotopic (exact) mass is 876 g/mol. The molecular weight excluding hydrogens is 791 g/mol. The van der Waals surface area contributed by atoms with E-state index in [0.717, 1.165) is 26.1 Å². The van der Waals surface area contributed by atoms with Gasteiger partial charge in [-0.2, -0.15) is 0 Å². The lowest BCUT2D eigenvalue weighted by atomic mass is 9.99. The number of para-hydroxylation sites is 4. The Morgan fingerprint density at radius 2 is 1.03 bits per heavy atom. The molecule has 0 aliphatic carbocycles. The van der Waals surface area contributed by atoms with E-state index in [4.69, 9.17) is 0 Å². The lowest BCUT2D eigenvalue weighted by molar-refractivity contribution is 0.203. The second kappa shape index (κ2) is 27.9. The van der Waals surface area contributed by atoms with Crippen LogP contribution < -0.4 is 14.7 Å². The van der Waals surface area contributed by atoms with Crippen LogP contribution in [0.5, 0.6) is 0 Å². The van der Waals surface area contributed by atoms with Gasteiger partial charge in [-0.15, -0.1) is 0 Å². The smallest absolute Gasteiger partial charge is 0.0480 e. The molecule has 0 spiro atoms. The van der Waals surface area contributed by atoms with Crippen LogP contribution in [-0.4, -0.2) is 53.8 Å². The number of aryl methyl sites for hydroxylation is 2. The first kappa shape index (κ1) is 52.4. The lowest BCUT2D eigenvalue weighted by Crippen LogP contribution is -2.35. The number of hydrogen-bond donors (Lipinski definition) is 0. The van der Waals surface area contributed by atoms with Gasteiger partial charge < -0.3 is 19.3 Å². The molecule has 0 amide bonds. The number of aromatic nitrogens is 1. The van der Waals surface area contributed by atoms with Gasteiger partial charge in [0.15, 0.2) is 0 Å². The fourth-order valence-corrected chi connectivity index (χ4v) is 8.97. The highest BCUT2D eigenvalue weighted by Gasteiger charge is 2.19. The molecule has 0 bridgehead atoms. The number of allylic oxidation sites excluding steroid dienone is 1. The minimum Gasteiger partial charge on any atom is -0.371 e. The number of anilines is 3.